The molecule has 0 radical (unpaired) electrons. The molecule has 1 unspecified atom stereocenters. The Morgan fingerprint density at radius 2 is 1.78 bits per heavy atom. The molecule has 1 N–H and O–H groups in total. The quantitative estimate of drug-likeness (QED) is 0.486. The van der Waals surface area contributed by atoms with Gasteiger partial charge in [0.1, 0.15) is 5.69 Å². The molecule has 0 spiro atoms. The summed E-state index contributed by atoms with van der Waals surface area (Å²) in [5.74, 6) is 0.387. The summed E-state index contributed by atoms with van der Waals surface area (Å²) >= 11 is 0. The Bertz CT molecular complexity index is 1350. The molecule has 41 heavy (non-hydrogen) atoms. The lowest BCUT2D eigenvalue weighted by molar-refractivity contribution is -0.140. The van der Waals surface area contributed by atoms with Crippen LogP contribution in [0.4, 0.5) is 14.5 Å². The number of carbonyl (C=O) groups excluding carboxylic acids is 1. The van der Waals surface area contributed by atoms with Crippen LogP contribution >= 0.6 is 0 Å². The monoisotopic (exact) mass is 569 g/mol. The van der Waals surface area contributed by atoms with Gasteiger partial charge in [-0.25, -0.2) is 13.8 Å². The number of likely N-dealkylation sites (N-methyl/N-ethyl adjacent to an activating group) is 1. The smallest absolute Gasteiger partial charge is 0.282 e. The molecule has 9 heteroatoms. The first-order valence-electron chi connectivity index (χ1n) is 14.3. The Hall–Kier alpha value is -3.33. The van der Waals surface area contributed by atoms with Crippen LogP contribution in [-0.2, 0) is 11.8 Å². The first kappa shape index (κ1) is 32.2. The van der Waals surface area contributed by atoms with Crippen LogP contribution < -0.4 is 10.9 Å². The molecule has 2 aliphatic rings. The van der Waals surface area contributed by atoms with Crippen molar-refractivity contribution in [1.29, 1.82) is 0 Å². The van der Waals surface area contributed by atoms with Gasteiger partial charge in [-0.05, 0) is 78.3 Å². The number of rotatable bonds is 5. The minimum Gasteiger partial charge on any atom is -0.377 e. The molecule has 2 aromatic heterocycles. The Balaban J connectivity index is 0.000000275. The van der Waals surface area contributed by atoms with Gasteiger partial charge in [0, 0.05) is 61.6 Å². The van der Waals surface area contributed by atoms with Crippen LogP contribution in [0.2, 0.25) is 0 Å². The maximum Gasteiger partial charge on any atom is 0.282 e. The number of hydrogen-bond donors (Lipinski definition) is 1. The molecular formula is C32H45F2N5O2. The van der Waals surface area contributed by atoms with Crippen LogP contribution in [0.25, 0.3) is 0 Å². The largest absolute Gasteiger partial charge is 0.377 e. The maximum absolute atomic E-state index is 13.3. The number of nitrogens with zero attached hydrogens (tertiary/aromatic N) is 4. The molecule has 0 bridgehead atoms. The van der Waals surface area contributed by atoms with Crippen molar-refractivity contribution in [2.24, 2.45) is 12.5 Å². The number of aryl methyl sites for hydroxylation is 4. The van der Waals surface area contributed by atoms with E-state index in [1.165, 1.54) is 4.57 Å². The topological polar surface area (TPSA) is 70.5 Å². The second-order valence-corrected chi connectivity index (χ2v) is 11.9. The van der Waals surface area contributed by atoms with Crippen LogP contribution in [0.1, 0.15) is 74.2 Å². The molecular weight excluding hydrogens is 524 g/mol. The summed E-state index contributed by atoms with van der Waals surface area (Å²) in [6, 6.07) is 10.9. The second kappa shape index (κ2) is 13.6. The number of alkyl halides is 2. The number of carbonyl (C=O) groups is 1. The molecule has 4 rings (SSSR count). The van der Waals surface area contributed by atoms with E-state index in [-0.39, 0.29) is 22.7 Å². The van der Waals surface area contributed by atoms with Crippen LogP contribution in [0.5, 0.6) is 0 Å². The Kier molecular flexibility index (Phi) is 10.6. The van der Waals surface area contributed by atoms with Crippen LogP contribution in [-0.4, -0.2) is 58.0 Å². The molecule has 3 heterocycles. The average molecular weight is 570 g/mol. The molecule has 1 amide bonds. The first-order chi connectivity index (χ1) is 19.2. The van der Waals surface area contributed by atoms with Crippen LogP contribution in [0, 0.1) is 26.2 Å². The minimum absolute atomic E-state index is 0.00414. The van der Waals surface area contributed by atoms with Crippen molar-refractivity contribution in [3.8, 4) is 0 Å². The van der Waals surface area contributed by atoms with Crippen molar-refractivity contribution >= 4 is 11.6 Å². The Morgan fingerprint density at radius 1 is 1.10 bits per heavy atom. The summed E-state index contributed by atoms with van der Waals surface area (Å²) in [6.45, 7) is 14.5. The van der Waals surface area contributed by atoms with Gasteiger partial charge in [0.2, 0.25) is 5.91 Å². The highest BCUT2D eigenvalue weighted by Crippen LogP contribution is 2.47. The van der Waals surface area contributed by atoms with E-state index in [4.69, 9.17) is 0 Å². The van der Waals surface area contributed by atoms with Gasteiger partial charge in [-0.2, -0.15) is 0 Å². The van der Waals surface area contributed by atoms with E-state index in [1.54, 1.807) is 45.3 Å². The fourth-order valence-electron chi connectivity index (χ4n) is 5.03. The van der Waals surface area contributed by atoms with Crippen molar-refractivity contribution in [1.82, 2.24) is 19.4 Å². The second-order valence-electron chi connectivity index (χ2n) is 11.9. The average Bonchev–Trinajstić information content (AvgIpc) is 3.66. The van der Waals surface area contributed by atoms with Crippen molar-refractivity contribution in [2.45, 2.75) is 72.9 Å². The highest BCUT2D eigenvalue weighted by molar-refractivity contribution is 5.85. The third kappa shape index (κ3) is 8.58. The van der Waals surface area contributed by atoms with E-state index in [1.807, 2.05) is 32.0 Å². The number of hydrogen-bond acceptors (Lipinski definition) is 5. The van der Waals surface area contributed by atoms with Gasteiger partial charge in [0.15, 0.2) is 0 Å². The van der Waals surface area contributed by atoms with E-state index in [0.717, 1.165) is 43.6 Å². The summed E-state index contributed by atoms with van der Waals surface area (Å²) < 4.78 is 28.1. The number of amides is 1. The van der Waals surface area contributed by atoms with Crippen LogP contribution in [0.15, 0.2) is 47.4 Å². The number of piperazine rings is 1. The van der Waals surface area contributed by atoms with Gasteiger partial charge >= 0.3 is 0 Å². The number of halogens is 2. The number of pyridine rings is 1. The van der Waals surface area contributed by atoms with E-state index < -0.39 is 6.43 Å². The normalized spacial score (nSPS) is 18.6. The van der Waals surface area contributed by atoms with Gasteiger partial charge in [0.25, 0.3) is 12.0 Å². The predicted octanol–water partition coefficient (Wildman–Crippen LogP) is 5.89. The SMILES string of the molecule is CC1CN(C)CCN1C(=O)C1(C)CC1.Cc1cc([C@@H](C)Nc2ccc(C)nc2C(F)F)cccn(C)c(=O)c(C)c1. The number of aromatic nitrogens is 2. The lowest BCUT2D eigenvalue weighted by Crippen LogP contribution is -2.54. The minimum atomic E-state index is -2.65. The zero-order chi connectivity index (χ0) is 30.5. The maximum atomic E-state index is 13.3. The molecule has 7 nitrogen and oxygen atoms in total. The summed E-state index contributed by atoms with van der Waals surface area (Å²) in [6.07, 6.45) is 1.20. The zero-order valence-electron chi connectivity index (χ0n) is 25.7. The van der Waals surface area contributed by atoms with Gasteiger partial charge in [-0.15, -0.1) is 0 Å². The van der Waals surface area contributed by atoms with Crippen LogP contribution in [0.3, 0.4) is 0 Å². The molecule has 1 saturated heterocycles. The standard InChI is InChI=1S/C21H25F2N3O.C11H20N2O/c1-13-11-14(2)21(27)26(5)10-6-7-17(12-13)16(4)25-18-9-8-15(3)24-19(18)20(22)23;1-9-8-12(3)6-7-13(9)10(14)11(2)4-5-11/h6-12,16,20,25H,1-5H3;9H,4-8H2,1-3H3/t16-;/m1./s1. The lowest BCUT2D eigenvalue weighted by Gasteiger charge is -2.39. The first-order valence-corrected chi connectivity index (χ1v) is 14.3. The summed E-state index contributed by atoms with van der Waals surface area (Å²) in [4.78, 5) is 32.6. The molecule has 1 saturated carbocycles. The third-order valence-electron chi connectivity index (χ3n) is 7.84. The molecule has 0 aromatic carbocycles. The molecule has 2 atom stereocenters. The van der Waals surface area contributed by atoms with E-state index >= 15 is 0 Å². The zero-order valence-corrected chi connectivity index (χ0v) is 25.7. The summed E-state index contributed by atoms with van der Waals surface area (Å²) in [7, 11) is 3.82. The highest BCUT2D eigenvalue weighted by atomic mass is 19.3. The number of nitrogens with one attached hydrogen (secondary N) is 1. The fraction of sp³-hybridized carbons (Fsp3) is 0.531. The van der Waals surface area contributed by atoms with E-state index in [9.17, 15) is 18.4 Å². The third-order valence-corrected chi connectivity index (χ3v) is 7.84. The Labute approximate surface area is 242 Å². The fourth-order valence-corrected chi connectivity index (χ4v) is 5.03. The predicted molar refractivity (Wildman–Crippen MR) is 161 cm³/mol. The molecule has 2 aromatic rings. The molecule has 2 fully saturated rings. The van der Waals surface area contributed by atoms with Crippen molar-refractivity contribution in [2.75, 3.05) is 32.0 Å². The van der Waals surface area contributed by atoms with Crippen molar-refractivity contribution in [3.63, 3.8) is 0 Å². The van der Waals surface area contributed by atoms with Gasteiger partial charge in [-0.1, -0.05) is 30.7 Å². The van der Waals surface area contributed by atoms with E-state index in [0.29, 0.717) is 28.9 Å². The highest BCUT2D eigenvalue weighted by Gasteiger charge is 2.48. The summed E-state index contributed by atoms with van der Waals surface area (Å²) in [5.41, 5.74) is 2.97. The van der Waals surface area contributed by atoms with Crippen molar-refractivity contribution in [3.05, 3.63) is 81.0 Å². The van der Waals surface area contributed by atoms with Gasteiger partial charge in [0.05, 0.1) is 5.69 Å². The van der Waals surface area contributed by atoms with E-state index in [2.05, 4.69) is 41.0 Å². The van der Waals surface area contributed by atoms with Crippen molar-refractivity contribution < 1.29 is 13.6 Å². The van der Waals surface area contributed by atoms with Gasteiger partial charge in [-0.3, -0.25) is 9.59 Å². The summed E-state index contributed by atoms with van der Waals surface area (Å²) in [5, 5.41) is 3.13. The Morgan fingerprint density at radius 3 is 2.39 bits per heavy atom. The molecule has 1 aliphatic carbocycles. The molecule has 1 aliphatic heterocycles. The lowest BCUT2D eigenvalue weighted by atomic mass is 10.1. The number of anilines is 1. The molecule has 224 valence electrons. The van der Waals surface area contributed by atoms with Gasteiger partial charge < -0.3 is 19.7 Å².